The van der Waals surface area contributed by atoms with Gasteiger partial charge in [-0.2, -0.15) is 0 Å². The number of halogens is 1. The van der Waals surface area contributed by atoms with E-state index in [1.54, 1.807) is 4.90 Å². The van der Waals surface area contributed by atoms with Gasteiger partial charge in [0.2, 0.25) is 5.91 Å². The highest BCUT2D eigenvalue weighted by atomic mass is 19.1. The Labute approximate surface area is 135 Å². The van der Waals surface area contributed by atoms with Crippen LogP contribution in [0.15, 0.2) is 0 Å². The van der Waals surface area contributed by atoms with Crippen LogP contribution in [0.1, 0.15) is 38.5 Å². The maximum Gasteiger partial charge on any atom is 0.260 e. The van der Waals surface area contributed by atoms with Gasteiger partial charge in [-0.15, -0.1) is 0 Å². The van der Waals surface area contributed by atoms with Crippen LogP contribution in [0.25, 0.3) is 0 Å². The molecular formula is C17H25FN2O3. The quantitative estimate of drug-likeness (QED) is 0.847. The molecule has 1 N–H and O–H groups in total. The van der Waals surface area contributed by atoms with Gasteiger partial charge >= 0.3 is 0 Å². The maximum absolute atomic E-state index is 14.5. The lowest BCUT2D eigenvalue weighted by atomic mass is 9.78. The van der Waals surface area contributed by atoms with Crippen LogP contribution in [0, 0.1) is 17.8 Å². The number of carbonyl (C=O) groups excluding carboxylic acids is 2. The van der Waals surface area contributed by atoms with Crippen molar-refractivity contribution in [2.24, 2.45) is 17.8 Å². The Bertz CT molecular complexity index is 504. The molecule has 2 heterocycles. The number of nitrogens with zero attached hydrogens (tertiary/aromatic N) is 1. The zero-order chi connectivity index (χ0) is 16.0. The topological polar surface area (TPSA) is 58.6 Å². The second kappa shape index (κ2) is 5.72. The molecule has 2 aliphatic heterocycles. The molecule has 23 heavy (non-hydrogen) atoms. The fourth-order valence-corrected chi connectivity index (χ4v) is 4.10. The minimum atomic E-state index is -1.69. The van der Waals surface area contributed by atoms with Crippen molar-refractivity contribution in [3.63, 3.8) is 0 Å². The van der Waals surface area contributed by atoms with Crippen LogP contribution < -0.4 is 5.32 Å². The number of amides is 2. The number of alkyl halides is 1. The number of ether oxygens (including phenoxy) is 1. The first kappa shape index (κ1) is 15.4. The number of likely N-dealkylation sites (tertiary alicyclic amines) is 1. The Balaban J connectivity index is 1.45. The Kier molecular flexibility index (Phi) is 3.82. The molecule has 0 aromatic carbocycles. The molecule has 6 heteroatoms. The summed E-state index contributed by atoms with van der Waals surface area (Å²) in [7, 11) is 0. The molecule has 0 radical (unpaired) electrons. The van der Waals surface area contributed by atoms with Crippen molar-refractivity contribution in [2.75, 3.05) is 26.2 Å². The SMILES string of the molecule is O=C(NCC1CC1)[C@@H]1CN(C(=O)C2(F)CCC2)C[C@H]2OCC[C@H]21. The van der Waals surface area contributed by atoms with Crippen LogP contribution in [0.3, 0.4) is 0 Å². The number of piperidine rings is 1. The lowest BCUT2D eigenvalue weighted by Crippen LogP contribution is -2.59. The molecule has 0 unspecified atom stereocenters. The first-order valence-electron chi connectivity index (χ1n) is 8.94. The minimum absolute atomic E-state index is 0.0106. The monoisotopic (exact) mass is 324 g/mol. The van der Waals surface area contributed by atoms with E-state index in [-0.39, 0.29) is 23.8 Å². The molecule has 4 fully saturated rings. The highest BCUT2D eigenvalue weighted by molar-refractivity contribution is 5.87. The van der Waals surface area contributed by atoms with E-state index in [2.05, 4.69) is 5.32 Å². The van der Waals surface area contributed by atoms with E-state index in [1.807, 2.05) is 0 Å². The van der Waals surface area contributed by atoms with Gasteiger partial charge in [0.1, 0.15) is 0 Å². The van der Waals surface area contributed by atoms with Gasteiger partial charge in [-0.3, -0.25) is 9.59 Å². The first-order chi connectivity index (χ1) is 11.1. The third-order valence-corrected chi connectivity index (χ3v) is 6.01. The largest absolute Gasteiger partial charge is 0.376 e. The van der Waals surface area contributed by atoms with Gasteiger partial charge in [0.15, 0.2) is 5.67 Å². The summed E-state index contributed by atoms with van der Waals surface area (Å²) in [6, 6.07) is 0. The average Bonchev–Trinajstić information content (AvgIpc) is 3.23. The van der Waals surface area contributed by atoms with Crippen LogP contribution in [-0.4, -0.2) is 54.7 Å². The number of fused-ring (bicyclic) bond motifs is 1. The third kappa shape index (κ3) is 2.86. The van der Waals surface area contributed by atoms with E-state index < -0.39 is 11.6 Å². The van der Waals surface area contributed by atoms with Crippen LogP contribution in [0.5, 0.6) is 0 Å². The fourth-order valence-electron chi connectivity index (χ4n) is 4.10. The number of hydrogen-bond donors (Lipinski definition) is 1. The Morgan fingerprint density at radius 3 is 2.65 bits per heavy atom. The average molecular weight is 324 g/mol. The van der Waals surface area contributed by atoms with E-state index in [0.717, 1.165) is 19.4 Å². The van der Waals surface area contributed by atoms with Gasteiger partial charge in [-0.1, -0.05) is 0 Å². The molecule has 0 aromatic rings. The van der Waals surface area contributed by atoms with Crippen molar-refractivity contribution in [1.82, 2.24) is 10.2 Å². The van der Waals surface area contributed by atoms with Crippen molar-refractivity contribution >= 4 is 11.8 Å². The molecule has 3 atom stereocenters. The summed E-state index contributed by atoms with van der Waals surface area (Å²) >= 11 is 0. The maximum atomic E-state index is 14.5. The third-order valence-electron chi connectivity index (χ3n) is 6.01. The fraction of sp³-hybridized carbons (Fsp3) is 0.882. The predicted molar refractivity (Wildman–Crippen MR) is 81.3 cm³/mol. The van der Waals surface area contributed by atoms with E-state index in [4.69, 9.17) is 4.74 Å². The first-order valence-corrected chi connectivity index (χ1v) is 8.94. The summed E-state index contributed by atoms with van der Waals surface area (Å²) < 4.78 is 20.2. The van der Waals surface area contributed by atoms with Crippen molar-refractivity contribution in [3.05, 3.63) is 0 Å². The molecule has 128 valence electrons. The Morgan fingerprint density at radius 1 is 1.22 bits per heavy atom. The number of nitrogens with one attached hydrogen (secondary N) is 1. The summed E-state index contributed by atoms with van der Waals surface area (Å²) in [6.07, 6.45) is 4.52. The summed E-state index contributed by atoms with van der Waals surface area (Å²) in [5.74, 6) is 0.104. The summed E-state index contributed by atoms with van der Waals surface area (Å²) in [4.78, 5) is 26.6. The van der Waals surface area contributed by atoms with Gasteiger partial charge < -0.3 is 15.0 Å². The highest BCUT2D eigenvalue weighted by Crippen LogP contribution is 2.40. The highest BCUT2D eigenvalue weighted by Gasteiger charge is 2.51. The minimum Gasteiger partial charge on any atom is -0.376 e. The zero-order valence-electron chi connectivity index (χ0n) is 13.4. The molecule has 2 amide bonds. The lowest BCUT2D eigenvalue weighted by Gasteiger charge is -2.43. The zero-order valence-corrected chi connectivity index (χ0v) is 13.4. The molecule has 0 spiro atoms. The van der Waals surface area contributed by atoms with Crippen LogP contribution >= 0.6 is 0 Å². The summed E-state index contributed by atoms with van der Waals surface area (Å²) in [6.45, 7) is 2.13. The van der Waals surface area contributed by atoms with E-state index >= 15 is 0 Å². The Morgan fingerprint density at radius 2 is 2.00 bits per heavy atom. The van der Waals surface area contributed by atoms with Crippen LogP contribution in [0.2, 0.25) is 0 Å². The number of carbonyl (C=O) groups is 2. The number of hydrogen-bond acceptors (Lipinski definition) is 3. The van der Waals surface area contributed by atoms with Crippen molar-refractivity contribution in [3.8, 4) is 0 Å². The van der Waals surface area contributed by atoms with E-state index in [9.17, 15) is 14.0 Å². The molecule has 5 nitrogen and oxygen atoms in total. The smallest absolute Gasteiger partial charge is 0.260 e. The number of rotatable bonds is 4. The normalized spacial score (nSPS) is 35.3. The van der Waals surface area contributed by atoms with Crippen molar-refractivity contribution < 1.29 is 18.7 Å². The molecule has 0 bridgehead atoms. The molecule has 2 aliphatic carbocycles. The second-order valence-electron chi connectivity index (χ2n) is 7.69. The molecule has 0 aromatic heterocycles. The van der Waals surface area contributed by atoms with Gasteiger partial charge in [0.05, 0.1) is 12.0 Å². The van der Waals surface area contributed by atoms with Gasteiger partial charge in [-0.25, -0.2) is 4.39 Å². The molecule has 2 saturated carbocycles. The molecule has 4 aliphatic rings. The molecular weight excluding hydrogens is 299 g/mol. The van der Waals surface area contributed by atoms with Crippen LogP contribution in [0.4, 0.5) is 4.39 Å². The summed E-state index contributed by atoms with van der Waals surface area (Å²) in [5, 5.41) is 3.03. The van der Waals surface area contributed by atoms with Crippen LogP contribution in [-0.2, 0) is 14.3 Å². The standard InChI is InChI=1S/C17H25FN2O3/c18-17(5-1-6-17)16(22)20-9-13(12-4-7-23-14(12)10-20)15(21)19-8-11-2-3-11/h11-14H,1-10H2,(H,19,21)/t12-,13+,14+/m0/s1. The molecule has 4 rings (SSSR count). The van der Waals surface area contributed by atoms with Gasteiger partial charge in [0.25, 0.3) is 5.91 Å². The lowest BCUT2D eigenvalue weighted by molar-refractivity contribution is -0.157. The molecule has 2 saturated heterocycles. The van der Waals surface area contributed by atoms with Crippen molar-refractivity contribution in [2.45, 2.75) is 50.3 Å². The summed E-state index contributed by atoms with van der Waals surface area (Å²) in [5.41, 5.74) is -1.69. The predicted octanol–water partition coefficient (Wildman–Crippen LogP) is 1.27. The van der Waals surface area contributed by atoms with Gasteiger partial charge in [-0.05, 0) is 44.4 Å². The Hall–Kier alpha value is -1.17. The van der Waals surface area contributed by atoms with Gasteiger partial charge in [0, 0.05) is 32.2 Å². The van der Waals surface area contributed by atoms with E-state index in [0.29, 0.717) is 38.5 Å². The van der Waals surface area contributed by atoms with Crippen molar-refractivity contribution in [1.29, 1.82) is 0 Å². The second-order valence-corrected chi connectivity index (χ2v) is 7.69. The van der Waals surface area contributed by atoms with E-state index in [1.165, 1.54) is 12.8 Å².